The Labute approximate surface area is 88.4 Å². The maximum Gasteiger partial charge on any atom is 0.237 e. The van der Waals surface area contributed by atoms with Crippen molar-refractivity contribution >= 4 is 5.91 Å². The second-order valence-corrected chi connectivity index (χ2v) is 3.65. The summed E-state index contributed by atoms with van der Waals surface area (Å²) in [5.74, 6) is 0.809. The van der Waals surface area contributed by atoms with Crippen molar-refractivity contribution in [2.45, 2.75) is 12.0 Å². The summed E-state index contributed by atoms with van der Waals surface area (Å²) in [6, 6.07) is 7.22. The maximum absolute atomic E-state index is 11.2. The SMILES string of the molecule is COc1ccc([C@H]2CNC(=O)[C@H]2N)cc1. The van der Waals surface area contributed by atoms with Crippen LogP contribution in [0, 0.1) is 0 Å². The van der Waals surface area contributed by atoms with Crippen molar-refractivity contribution in [2.75, 3.05) is 13.7 Å². The van der Waals surface area contributed by atoms with E-state index in [4.69, 9.17) is 10.5 Å². The van der Waals surface area contributed by atoms with Gasteiger partial charge in [-0.05, 0) is 17.7 Å². The largest absolute Gasteiger partial charge is 0.497 e. The Bertz CT molecular complexity index is 361. The van der Waals surface area contributed by atoms with E-state index in [-0.39, 0.29) is 11.8 Å². The minimum atomic E-state index is -0.432. The number of carbonyl (C=O) groups excluding carboxylic acids is 1. The Morgan fingerprint density at radius 1 is 1.40 bits per heavy atom. The highest BCUT2D eigenvalue weighted by Gasteiger charge is 2.32. The van der Waals surface area contributed by atoms with Crippen LogP contribution in [0.4, 0.5) is 0 Å². The first-order valence-corrected chi connectivity index (χ1v) is 4.89. The monoisotopic (exact) mass is 206 g/mol. The lowest BCUT2D eigenvalue weighted by Crippen LogP contribution is -2.33. The number of carbonyl (C=O) groups is 1. The quantitative estimate of drug-likeness (QED) is 0.728. The summed E-state index contributed by atoms with van der Waals surface area (Å²) >= 11 is 0. The summed E-state index contributed by atoms with van der Waals surface area (Å²) in [4.78, 5) is 11.2. The molecule has 2 atom stereocenters. The lowest BCUT2D eigenvalue weighted by atomic mass is 9.95. The van der Waals surface area contributed by atoms with Gasteiger partial charge in [-0.1, -0.05) is 12.1 Å². The second-order valence-electron chi connectivity index (χ2n) is 3.65. The Morgan fingerprint density at radius 3 is 2.53 bits per heavy atom. The smallest absolute Gasteiger partial charge is 0.237 e. The molecule has 1 aromatic carbocycles. The Hall–Kier alpha value is -1.55. The number of rotatable bonds is 2. The highest BCUT2D eigenvalue weighted by Crippen LogP contribution is 2.24. The highest BCUT2D eigenvalue weighted by atomic mass is 16.5. The number of amides is 1. The van der Waals surface area contributed by atoms with Gasteiger partial charge in [0, 0.05) is 12.5 Å². The fourth-order valence-electron chi connectivity index (χ4n) is 1.81. The first kappa shape index (κ1) is 9.98. The predicted octanol–water partition coefficient (Wildman–Crippen LogP) is 0.236. The summed E-state index contributed by atoms with van der Waals surface area (Å²) in [5.41, 5.74) is 6.85. The van der Waals surface area contributed by atoms with Gasteiger partial charge in [0.1, 0.15) is 5.75 Å². The summed E-state index contributed by atoms with van der Waals surface area (Å²) in [5, 5.41) is 2.75. The zero-order chi connectivity index (χ0) is 10.8. The van der Waals surface area contributed by atoms with Crippen molar-refractivity contribution in [3.8, 4) is 5.75 Å². The van der Waals surface area contributed by atoms with E-state index in [1.807, 2.05) is 24.3 Å². The van der Waals surface area contributed by atoms with E-state index in [0.29, 0.717) is 6.54 Å². The molecule has 1 heterocycles. The molecular weight excluding hydrogens is 192 g/mol. The first-order chi connectivity index (χ1) is 7.22. The van der Waals surface area contributed by atoms with E-state index >= 15 is 0 Å². The fourth-order valence-corrected chi connectivity index (χ4v) is 1.81. The Kier molecular flexibility index (Phi) is 2.60. The summed E-state index contributed by atoms with van der Waals surface area (Å²) in [6.45, 7) is 0.617. The molecule has 1 fully saturated rings. The van der Waals surface area contributed by atoms with Gasteiger partial charge >= 0.3 is 0 Å². The lowest BCUT2D eigenvalue weighted by molar-refractivity contribution is -0.120. The molecule has 0 spiro atoms. The molecule has 0 aliphatic carbocycles. The van der Waals surface area contributed by atoms with E-state index in [2.05, 4.69) is 5.32 Å². The van der Waals surface area contributed by atoms with Gasteiger partial charge in [0.2, 0.25) is 5.91 Å². The molecular formula is C11H14N2O2. The van der Waals surface area contributed by atoms with Gasteiger partial charge in [-0.3, -0.25) is 4.79 Å². The van der Waals surface area contributed by atoms with Gasteiger partial charge in [-0.15, -0.1) is 0 Å². The second kappa shape index (κ2) is 3.90. The molecule has 2 rings (SSSR count). The number of methoxy groups -OCH3 is 1. The van der Waals surface area contributed by atoms with E-state index < -0.39 is 6.04 Å². The zero-order valence-electron chi connectivity index (χ0n) is 8.57. The lowest BCUT2D eigenvalue weighted by Gasteiger charge is -2.12. The van der Waals surface area contributed by atoms with Crippen molar-refractivity contribution < 1.29 is 9.53 Å². The van der Waals surface area contributed by atoms with E-state index in [1.54, 1.807) is 7.11 Å². The molecule has 4 heteroatoms. The average Bonchev–Trinajstić information content (AvgIpc) is 2.60. The van der Waals surface area contributed by atoms with Gasteiger partial charge < -0.3 is 15.8 Å². The average molecular weight is 206 g/mol. The number of benzene rings is 1. The van der Waals surface area contributed by atoms with Gasteiger partial charge in [0.05, 0.1) is 13.2 Å². The van der Waals surface area contributed by atoms with Crippen LogP contribution < -0.4 is 15.8 Å². The first-order valence-electron chi connectivity index (χ1n) is 4.89. The number of nitrogens with one attached hydrogen (secondary N) is 1. The molecule has 0 unspecified atom stereocenters. The summed E-state index contributed by atoms with van der Waals surface area (Å²) in [6.07, 6.45) is 0. The normalized spacial score (nSPS) is 25.1. The number of hydrogen-bond acceptors (Lipinski definition) is 3. The fraction of sp³-hybridized carbons (Fsp3) is 0.364. The molecule has 0 saturated carbocycles. The maximum atomic E-state index is 11.2. The van der Waals surface area contributed by atoms with Crippen molar-refractivity contribution in [1.82, 2.24) is 5.32 Å². The third-order valence-electron chi connectivity index (χ3n) is 2.78. The number of ether oxygens (including phenoxy) is 1. The highest BCUT2D eigenvalue weighted by molar-refractivity contribution is 5.85. The molecule has 80 valence electrons. The van der Waals surface area contributed by atoms with Crippen molar-refractivity contribution in [3.05, 3.63) is 29.8 Å². The molecule has 1 aromatic rings. The van der Waals surface area contributed by atoms with Crippen molar-refractivity contribution in [2.24, 2.45) is 5.73 Å². The molecule has 1 amide bonds. The molecule has 15 heavy (non-hydrogen) atoms. The molecule has 0 aromatic heterocycles. The molecule has 3 N–H and O–H groups in total. The molecule has 1 aliphatic heterocycles. The van der Waals surface area contributed by atoms with Crippen LogP contribution in [-0.2, 0) is 4.79 Å². The minimum Gasteiger partial charge on any atom is -0.497 e. The van der Waals surface area contributed by atoms with Gasteiger partial charge in [-0.25, -0.2) is 0 Å². The third-order valence-corrected chi connectivity index (χ3v) is 2.78. The van der Waals surface area contributed by atoms with Crippen LogP contribution in [0.25, 0.3) is 0 Å². The number of nitrogens with two attached hydrogens (primary N) is 1. The Morgan fingerprint density at radius 2 is 2.07 bits per heavy atom. The predicted molar refractivity (Wildman–Crippen MR) is 56.7 cm³/mol. The van der Waals surface area contributed by atoms with Crippen LogP contribution in [0.2, 0.25) is 0 Å². The standard InChI is InChI=1S/C11H14N2O2/c1-15-8-4-2-7(3-5-8)9-6-13-11(14)10(9)12/h2-5,9-10H,6,12H2,1H3,(H,13,14)/t9-,10+/m1/s1. The number of hydrogen-bond donors (Lipinski definition) is 2. The van der Waals surface area contributed by atoms with Crippen LogP contribution in [0.3, 0.4) is 0 Å². The summed E-state index contributed by atoms with van der Waals surface area (Å²) in [7, 11) is 1.63. The van der Waals surface area contributed by atoms with Crippen LogP contribution in [0.1, 0.15) is 11.5 Å². The van der Waals surface area contributed by atoms with Crippen LogP contribution in [0.15, 0.2) is 24.3 Å². The minimum absolute atomic E-state index is 0.0726. The van der Waals surface area contributed by atoms with Gasteiger partial charge in [0.15, 0.2) is 0 Å². The zero-order valence-corrected chi connectivity index (χ0v) is 8.57. The van der Waals surface area contributed by atoms with Gasteiger partial charge in [-0.2, -0.15) is 0 Å². The Balaban J connectivity index is 2.19. The molecule has 1 aliphatic rings. The van der Waals surface area contributed by atoms with Crippen molar-refractivity contribution in [3.63, 3.8) is 0 Å². The molecule has 0 bridgehead atoms. The van der Waals surface area contributed by atoms with Crippen molar-refractivity contribution in [1.29, 1.82) is 0 Å². The van der Waals surface area contributed by atoms with Crippen LogP contribution in [0.5, 0.6) is 5.75 Å². The van der Waals surface area contributed by atoms with Crippen LogP contribution in [-0.4, -0.2) is 25.6 Å². The third kappa shape index (κ3) is 1.80. The van der Waals surface area contributed by atoms with E-state index in [0.717, 1.165) is 11.3 Å². The van der Waals surface area contributed by atoms with E-state index in [9.17, 15) is 4.79 Å². The molecule has 4 nitrogen and oxygen atoms in total. The topological polar surface area (TPSA) is 64.3 Å². The van der Waals surface area contributed by atoms with Gasteiger partial charge in [0.25, 0.3) is 0 Å². The van der Waals surface area contributed by atoms with Crippen LogP contribution >= 0.6 is 0 Å². The molecule has 1 saturated heterocycles. The molecule has 0 radical (unpaired) electrons. The summed E-state index contributed by atoms with van der Waals surface area (Å²) < 4.78 is 5.07. The van der Waals surface area contributed by atoms with E-state index in [1.165, 1.54) is 0 Å².